The van der Waals surface area contributed by atoms with Crippen molar-refractivity contribution in [3.8, 4) is 0 Å². The van der Waals surface area contributed by atoms with Gasteiger partial charge >= 0.3 is 0 Å². The molecule has 1 aliphatic rings. The Morgan fingerprint density at radius 3 is 2.47 bits per heavy atom. The summed E-state index contributed by atoms with van der Waals surface area (Å²) >= 11 is 0. The van der Waals surface area contributed by atoms with E-state index >= 15 is 0 Å². The summed E-state index contributed by atoms with van der Waals surface area (Å²) in [5.41, 5.74) is 2.26. The third kappa shape index (κ3) is 2.96. The summed E-state index contributed by atoms with van der Waals surface area (Å²) in [6, 6.07) is 7.63. The number of hydrogen-bond donors (Lipinski definition) is 2. The van der Waals surface area contributed by atoms with Crippen LogP contribution in [0, 0.1) is 0 Å². The van der Waals surface area contributed by atoms with Crippen molar-refractivity contribution < 1.29 is 9.90 Å². The van der Waals surface area contributed by atoms with Crippen molar-refractivity contribution in [2.75, 3.05) is 24.6 Å². The molecule has 1 aliphatic heterocycles. The Bertz CT molecular complexity index is 448. The lowest BCUT2D eigenvalue weighted by Crippen LogP contribution is -2.56. The summed E-state index contributed by atoms with van der Waals surface area (Å²) in [6.07, 6.45) is 0. The predicted octanol–water partition coefficient (Wildman–Crippen LogP) is 1.28. The lowest BCUT2D eigenvalue weighted by atomic mass is 9.87. The smallest absolute Gasteiger partial charge is 0.246 e. The molecule has 1 unspecified atom stereocenters. The molecule has 4 nitrogen and oxygen atoms in total. The zero-order valence-electron chi connectivity index (χ0n) is 11.8. The zero-order chi connectivity index (χ0) is 14.0. The number of nitrogens with zero attached hydrogens (tertiary/aromatic N) is 1. The SMILES string of the molecule is CC(C)(C)c1ccc(N2CCNC(CO)C2=O)cc1. The van der Waals surface area contributed by atoms with Gasteiger partial charge in [0.2, 0.25) is 5.91 Å². The van der Waals surface area contributed by atoms with E-state index in [9.17, 15) is 4.79 Å². The van der Waals surface area contributed by atoms with Crippen LogP contribution in [0.4, 0.5) is 5.69 Å². The second-order valence-corrected chi connectivity index (χ2v) is 5.98. The van der Waals surface area contributed by atoms with Gasteiger partial charge in [0.1, 0.15) is 6.04 Å². The second kappa shape index (κ2) is 5.31. The zero-order valence-corrected chi connectivity index (χ0v) is 11.8. The Morgan fingerprint density at radius 1 is 1.32 bits per heavy atom. The molecule has 1 atom stereocenters. The molecule has 19 heavy (non-hydrogen) atoms. The Hall–Kier alpha value is -1.39. The first-order valence-electron chi connectivity index (χ1n) is 6.69. The average molecular weight is 262 g/mol. The molecule has 2 rings (SSSR count). The number of carbonyl (C=O) groups is 1. The highest BCUT2D eigenvalue weighted by atomic mass is 16.3. The standard InChI is InChI=1S/C15H22N2O2/c1-15(2,3)11-4-6-12(7-5-11)17-9-8-16-13(10-18)14(17)19/h4-7,13,16,18H,8-10H2,1-3H3. The van der Waals surface area contributed by atoms with Gasteiger partial charge in [-0.25, -0.2) is 0 Å². The van der Waals surface area contributed by atoms with E-state index in [1.54, 1.807) is 4.90 Å². The Labute approximate surface area is 114 Å². The molecule has 0 bridgehead atoms. The highest BCUT2D eigenvalue weighted by Gasteiger charge is 2.28. The van der Waals surface area contributed by atoms with E-state index in [1.165, 1.54) is 5.56 Å². The van der Waals surface area contributed by atoms with Gasteiger partial charge in [-0.1, -0.05) is 32.9 Å². The van der Waals surface area contributed by atoms with Crippen LogP contribution < -0.4 is 10.2 Å². The quantitative estimate of drug-likeness (QED) is 0.844. The van der Waals surface area contributed by atoms with Crippen LogP contribution in [0.25, 0.3) is 0 Å². The van der Waals surface area contributed by atoms with Crippen molar-refractivity contribution in [1.29, 1.82) is 0 Å². The predicted molar refractivity (Wildman–Crippen MR) is 76.4 cm³/mol. The van der Waals surface area contributed by atoms with Crippen molar-refractivity contribution in [2.24, 2.45) is 0 Å². The number of anilines is 1. The summed E-state index contributed by atoms with van der Waals surface area (Å²) in [5, 5.41) is 12.2. The molecular weight excluding hydrogens is 240 g/mol. The van der Waals surface area contributed by atoms with Crippen molar-refractivity contribution in [3.63, 3.8) is 0 Å². The monoisotopic (exact) mass is 262 g/mol. The molecule has 0 saturated carbocycles. The first-order valence-corrected chi connectivity index (χ1v) is 6.69. The molecule has 0 radical (unpaired) electrons. The fraction of sp³-hybridized carbons (Fsp3) is 0.533. The van der Waals surface area contributed by atoms with Crippen molar-refractivity contribution in [2.45, 2.75) is 32.2 Å². The van der Waals surface area contributed by atoms with E-state index in [1.807, 2.05) is 12.1 Å². The van der Waals surface area contributed by atoms with Crippen molar-refractivity contribution >= 4 is 11.6 Å². The molecule has 1 saturated heterocycles. The third-order valence-electron chi connectivity index (χ3n) is 3.52. The van der Waals surface area contributed by atoms with E-state index in [0.29, 0.717) is 13.1 Å². The van der Waals surface area contributed by atoms with Crippen LogP contribution in [0.3, 0.4) is 0 Å². The summed E-state index contributed by atoms with van der Waals surface area (Å²) in [4.78, 5) is 13.9. The molecule has 1 amide bonds. The largest absolute Gasteiger partial charge is 0.394 e. The van der Waals surface area contributed by atoms with Gasteiger partial charge in [0.05, 0.1) is 6.61 Å². The molecule has 2 N–H and O–H groups in total. The van der Waals surface area contributed by atoms with Crippen molar-refractivity contribution in [1.82, 2.24) is 5.32 Å². The van der Waals surface area contributed by atoms with Gasteiger partial charge in [-0.3, -0.25) is 4.79 Å². The van der Waals surface area contributed by atoms with Gasteiger partial charge in [-0.2, -0.15) is 0 Å². The molecule has 1 fully saturated rings. The Balaban J connectivity index is 2.20. The minimum Gasteiger partial charge on any atom is -0.394 e. The molecule has 104 valence electrons. The first kappa shape index (κ1) is 14.0. The maximum Gasteiger partial charge on any atom is 0.246 e. The highest BCUT2D eigenvalue weighted by molar-refractivity contribution is 5.98. The summed E-state index contributed by atoms with van der Waals surface area (Å²) in [6.45, 7) is 7.69. The first-order chi connectivity index (χ1) is 8.93. The fourth-order valence-electron chi connectivity index (χ4n) is 2.28. The van der Waals surface area contributed by atoms with Crippen LogP contribution >= 0.6 is 0 Å². The van der Waals surface area contributed by atoms with Crippen LogP contribution in [-0.4, -0.2) is 36.8 Å². The number of carbonyl (C=O) groups excluding carboxylic acids is 1. The molecule has 1 heterocycles. The van der Waals surface area contributed by atoms with Gasteiger partial charge in [0.25, 0.3) is 0 Å². The molecule has 0 aromatic heterocycles. The maximum absolute atomic E-state index is 12.1. The van der Waals surface area contributed by atoms with E-state index in [2.05, 4.69) is 38.2 Å². The minimum atomic E-state index is -0.476. The average Bonchev–Trinajstić information content (AvgIpc) is 2.38. The number of aliphatic hydroxyl groups excluding tert-OH is 1. The van der Waals surface area contributed by atoms with Crippen LogP contribution in [0.5, 0.6) is 0 Å². The molecule has 1 aromatic rings. The van der Waals surface area contributed by atoms with Gasteiger partial charge in [-0.05, 0) is 23.1 Å². The number of amides is 1. The number of hydrogen-bond acceptors (Lipinski definition) is 3. The van der Waals surface area contributed by atoms with E-state index in [0.717, 1.165) is 5.69 Å². The summed E-state index contributed by atoms with van der Waals surface area (Å²) in [7, 11) is 0. The molecule has 0 aliphatic carbocycles. The van der Waals surface area contributed by atoms with Gasteiger partial charge in [-0.15, -0.1) is 0 Å². The maximum atomic E-state index is 12.1. The molecule has 1 aromatic carbocycles. The van der Waals surface area contributed by atoms with E-state index < -0.39 is 6.04 Å². The number of aliphatic hydroxyl groups is 1. The Morgan fingerprint density at radius 2 is 1.95 bits per heavy atom. The van der Waals surface area contributed by atoms with Gasteiger partial charge in [0, 0.05) is 18.8 Å². The lowest BCUT2D eigenvalue weighted by Gasteiger charge is -2.32. The van der Waals surface area contributed by atoms with Crippen LogP contribution in [0.2, 0.25) is 0 Å². The third-order valence-corrected chi connectivity index (χ3v) is 3.52. The number of rotatable bonds is 2. The topological polar surface area (TPSA) is 52.6 Å². The van der Waals surface area contributed by atoms with Gasteiger partial charge < -0.3 is 15.3 Å². The van der Waals surface area contributed by atoms with Crippen LogP contribution in [0.1, 0.15) is 26.3 Å². The van der Waals surface area contributed by atoms with Crippen molar-refractivity contribution in [3.05, 3.63) is 29.8 Å². The molecule has 0 spiro atoms. The summed E-state index contributed by atoms with van der Waals surface area (Å²) < 4.78 is 0. The van der Waals surface area contributed by atoms with E-state index in [4.69, 9.17) is 5.11 Å². The number of nitrogens with one attached hydrogen (secondary N) is 1. The normalized spacial score (nSPS) is 20.7. The minimum absolute atomic E-state index is 0.0581. The second-order valence-electron chi connectivity index (χ2n) is 5.98. The Kier molecular flexibility index (Phi) is 3.92. The molecular formula is C15H22N2O2. The van der Waals surface area contributed by atoms with E-state index in [-0.39, 0.29) is 17.9 Å². The number of benzene rings is 1. The van der Waals surface area contributed by atoms with Gasteiger partial charge in [0.15, 0.2) is 0 Å². The number of piperazine rings is 1. The van der Waals surface area contributed by atoms with Crippen LogP contribution in [-0.2, 0) is 10.2 Å². The lowest BCUT2D eigenvalue weighted by molar-refractivity contribution is -0.122. The summed E-state index contributed by atoms with van der Waals surface area (Å²) in [5.74, 6) is -0.0581. The van der Waals surface area contributed by atoms with Crippen LogP contribution in [0.15, 0.2) is 24.3 Å². The fourth-order valence-corrected chi connectivity index (χ4v) is 2.28. The molecule has 4 heteroatoms. The highest BCUT2D eigenvalue weighted by Crippen LogP contribution is 2.25.